The van der Waals surface area contributed by atoms with Crippen molar-refractivity contribution in [1.29, 1.82) is 0 Å². The molecule has 0 unspecified atom stereocenters. The Balaban J connectivity index is 1.85. The van der Waals surface area contributed by atoms with Crippen molar-refractivity contribution in [3.05, 3.63) is 67.0 Å². The highest BCUT2D eigenvalue weighted by atomic mass is 15.1. The van der Waals surface area contributed by atoms with Gasteiger partial charge in [0.25, 0.3) is 0 Å². The lowest BCUT2D eigenvalue weighted by Crippen LogP contribution is -2.13. The van der Waals surface area contributed by atoms with Gasteiger partial charge in [0.1, 0.15) is 0 Å². The Kier molecular flexibility index (Phi) is 3.97. The highest BCUT2D eigenvalue weighted by Crippen LogP contribution is 2.37. The molecule has 0 bridgehead atoms. The Morgan fingerprint density at radius 3 is 2.00 bits per heavy atom. The van der Waals surface area contributed by atoms with Gasteiger partial charge >= 0.3 is 0 Å². The summed E-state index contributed by atoms with van der Waals surface area (Å²) in [5.41, 5.74) is 4.82. The average molecular weight is 302 g/mol. The van der Waals surface area contributed by atoms with Crippen molar-refractivity contribution in [3.63, 3.8) is 0 Å². The number of hydrogen-bond acceptors (Lipinski definition) is 1. The summed E-state index contributed by atoms with van der Waals surface area (Å²) in [5, 5.41) is 0. The molecule has 1 saturated carbocycles. The Labute approximate surface area is 137 Å². The summed E-state index contributed by atoms with van der Waals surface area (Å²) in [5.74, 6) is 0. The molecule has 23 heavy (non-hydrogen) atoms. The van der Waals surface area contributed by atoms with Crippen molar-refractivity contribution in [2.45, 2.75) is 38.1 Å². The van der Waals surface area contributed by atoms with Gasteiger partial charge < -0.3 is 4.57 Å². The van der Waals surface area contributed by atoms with Gasteiger partial charge in [0.15, 0.2) is 0 Å². The summed E-state index contributed by atoms with van der Waals surface area (Å²) in [6.07, 6.45) is 8.63. The highest BCUT2D eigenvalue weighted by molar-refractivity contribution is 5.78. The van der Waals surface area contributed by atoms with Crippen LogP contribution in [0.4, 0.5) is 0 Å². The van der Waals surface area contributed by atoms with Crippen molar-refractivity contribution in [3.8, 4) is 22.5 Å². The Bertz CT molecular complexity index is 753. The number of nitrogens with zero attached hydrogens (tertiary/aromatic N) is 2. The minimum atomic E-state index is 0.587. The molecule has 1 fully saturated rings. The van der Waals surface area contributed by atoms with Crippen LogP contribution >= 0.6 is 0 Å². The zero-order chi connectivity index (χ0) is 15.5. The molecular formula is C21H22N2. The predicted octanol–water partition coefficient (Wildman–Crippen LogP) is 5.72. The van der Waals surface area contributed by atoms with Crippen molar-refractivity contribution >= 4 is 0 Å². The van der Waals surface area contributed by atoms with Crippen LogP contribution in [0.5, 0.6) is 0 Å². The molecule has 1 aliphatic carbocycles. The zero-order valence-corrected chi connectivity index (χ0v) is 13.4. The molecule has 1 aromatic heterocycles. The van der Waals surface area contributed by atoms with Crippen LogP contribution in [0.25, 0.3) is 22.5 Å². The molecular weight excluding hydrogens is 280 g/mol. The maximum Gasteiger partial charge on any atom is 0.0963 e. The molecule has 0 aliphatic heterocycles. The molecule has 1 heterocycles. The Hall–Kier alpha value is -2.35. The topological polar surface area (TPSA) is 17.8 Å². The van der Waals surface area contributed by atoms with E-state index in [-0.39, 0.29) is 0 Å². The monoisotopic (exact) mass is 302 g/mol. The van der Waals surface area contributed by atoms with E-state index in [1.807, 2.05) is 0 Å². The minimum Gasteiger partial charge on any atom is -0.327 e. The second kappa shape index (κ2) is 6.41. The fourth-order valence-electron chi connectivity index (χ4n) is 3.69. The number of benzene rings is 2. The first-order valence-corrected chi connectivity index (χ1v) is 8.61. The van der Waals surface area contributed by atoms with E-state index in [2.05, 4.69) is 71.6 Å². The van der Waals surface area contributed by atoms with E-state index >= 15 is 0 Å². The van der Waals surface area contributed by atoms with Gasteiger partial charge in [-0.25, -0.2) is 4.98 Å². The van der Waals surface area contributed by atoms with Gasteiger partial charge in [-0.3, -0.25) is 0 Å². The zero-order valence-electron chi connectivity index (χ0n) is 13.4. The molecule has 1 aliphatic rings. The van der Waals surface area contributed by atoms with Gasteiger partial charge in [-0.15, -0.1) is 0 Å². The van der Waals surface area contributed by atoms with Gasteiger partial charge in [0.2, 0.25) is 0 Å². The van der Waals surface area contributed by atoms with E-state index in [4.69, 9.17) is 4.98 Å². The lowest BCUT2D eigenvalue weighted by molar-refractivity contribution is 0.355. The first kappa shape index (κ1) is 14.3. The van der Waals surface area contributed by atoms with Crippen molar-refractivity contribution in [1.82, 2.24) is 9.55 Å². The fraction of sp³-hybridized carbons (Fsp3) is 0.286. The molecule has 116 valence electrons. The standard InChI is InChI=1S/C21H22N2/c1-4-10-17(11-5-1)20-21(18-12-6-2-7-13-18)23(16-22-20)19-14-8-3-9-15-19/h1-2,4-7,10-13,16,19H,3,8-9,14-15H2. The van der Waals surface area contributed by atoms with Gasteiger partial charge in [-0.05, 0) is 12.8 Å². The van der Waals surface area contributed by atoms with E-state index in [1.54, 1.807) is 0 Å². The molecule has 0 saturated heterocycles. The normalized spacial score (nSPS) is 15.7. The van der Waals surface area contributed by atoms with Crippen LogP contribution in [0.1, 0.15) is 38.1 Å². The smallest absolute Gasteiger partial charge is 0.0963 e. The van der Waals surface area contributed by atoms with Crippen LogP contribution in [0.2, 0.25) is 0 Å². The summed E-state index contributed by atoms with van der Waals surface area (Å²) in [6.45, 7) is 0. The molecule has 0 radical (unpaired) electrons. The predicted molar refractivity (Wildman–Crippen MR) is 95.2 cm³/mol. The third-order valence-electron chi connectivity index (χ3n) is 4.86. The van der Waals surface area contributed by atoms with E-state index in [0.717, 1.165) is 5.69 Å². The molecule has 0 atom stereocenters. The minimum absolute atomic E-state index is 0.587. The summed E-state index contributed by atoms with van der Waals surface area (Å²) in [6, 6.07) is 21.8. The quantitative estimate of drug-likeness (QED) is 0.605. The lowest BCUT2D eigenvalue weighted by Gasteiger charge is -2.25. The number of imidazole rings is 1. The first-order valence-electron chi connectivity index (χ1n) is 8.61. The number of rotatable bonds is 3. The van der Waals surface area contributed by atoms with Gasteiger partial charge in [0, 0.05) is 17.2 Å². The molecule has 0 N–H and O–H groups in total. The molecule has 3 aromatic rings. The molecule has 0 amide bonds. The van der Waals surface area contributed by atoms with E-state index in [0.29, 0.717) is 6.04 Å². The van der Waals surface area contributed by atoms with Gasteiger partial charge in [-0.1, -0.05) is 79.9 Å². The first-order chi connectivity index (χ1) is 11.4. The summed E-state index contributed by atoms with van der Waals surface area (Å²) >= 11 is 0. The lowest BCUT2D eigenvalue weighted by atomic mass is 9.94. The third-order valence-corrected chi connectivity index (χ3v) is 4.86. The highest BCUT2D eigenvalue weighted by Gasteiger charge is 2.22. The van der Waals surface area contributed by atoms with Gasteiger partial charge in [0.05, 0.1) is 17.7 Å². The molecule has 0 spiro atoms. The molecule has 2 nitrogen and oxygen atoms in total. The van der Waals surface area contributed by atoms with Gasteiger partial charge in [-0.2, -0.15) is 0 Å². The Morgan fingerprint density at radius 1 is 0.739 bits per heavy atom. The van der Waals surface area contributed by atoms with E-state index in [9.17, 15) is 0 Å². The molecule has 4 rings (SSSR count). The van der Waals surface area contributed by atoms with Crippen molar-refractivity contribution in [2.24, 2.45) is 0 Å². The SMILES string of the molecule is c1ccc(-c2ncn(C3CCCCC3)c2-c2ccccc2)cc1. The number of hydrogen-bond donors (Lipinski definition) is 0. The van der Waals surface area contributed by atoms with Crippen LogP contribution in [0.15, 0.2) is 67.0 Å². The van der Waals surface area contributed by atoms with Crippen LogP contribution in [-0.2, 0) is 0 Å². The maximum absolute atomic E-state index is 4.80. The van der Waals surface area contributed by atoms with Crippen LogP contribution in [0.3, 0.4) is 0 Å². The molecule has 2 heteroatoms. The maximum atomic E-state index is 4.80. The summed E-state index contributed by atoms with van der Waals surface area (Å²) < 4.78 is 2.43. The Morgan fingerprint density at radius 2 is 1.35 bits per heavy atom. The summed E-state index contributed by atoms with van der Waals surface area (Å²) in [4.78, 5) is 4.80. The number of aromatic nitrogens is 2. The van der Waals surface area contributed by atoms with E-state index in [1.165, 1.54) is 48.9 Å². The van der Waals surface area contributed by atoms with Crippen molar-refractivity contribution in [2.75, 3.05) is 0 Å². The molecule has 2 aromatic carbocycles. The van der Waals surface area contributed by atoms with Crippen LogP contribution in [-0.4, -0.2) is 9.55 Å². The van der Waals surface area contributed by atoms with Crippen LogP contribution < -0.4 is 0 Å². The second-order valence-corrected chi connectivity index (χ2v) is 6.37. The fourth-order valence-corrected chi connectivity index (χ4v) is 3.69. The van der Waals surface area contributed by atoms with E-state index < -0.39 is 0 Å². The largest absolute Gasteiger partial charge is 0.327 e. The third kappa shape index (κ3) is 2.81. The average Bonchev–Trinajstić information content (AvgIpc) is 3.09. The van der Waals surface area contributed by atoms with Crippen LogP contribution in [0, 0.1) is 0 Å². The second-order valence-electron chi connectivity index (χ2n) is 6.37. The van der Waals surface area contributed by atoms with Crippen molar-refractivity contribution < 1.29 is 0 Å². The summed E-state index contributed by atoms with van der Waals surface area (Å²) in [7, 11) is 0.